The highest BCUT2D eigenvalue weighted by Gasteiger charge is 2.10. The van der Waals surface area contributed by atoms with E-state index in [1.165, 1.54) is 5.56 Å². The molecule has 0 amide bonds. The van der Waals surface area contributed by atoms with Gasteiger partial charge in [-0.15, -0.1) is 0 Å². The maximum Gasteiger partial charge on any atom is 0.250 e. The minimum atomic E-state index is 0.0896. The van der Waals surface area contributed by atoms with Gasteiger partial charge in [0.05, 0.1) is 0 Å². The molecule has 1 rings (SSSR count). The summed E-state index contributed by atoms with van der Waals surface area (Å²) in [6.45, 7) is 8.29. The van der Waals surface area contributed by atoms with Gasteiger partial charge in [-0.2, -0.15) is 0 Å². The molecule has 0 atom stereocenters. The van der Waals surface area contributed by atoms with Crippen molar-refractivity contribution < 1.29 is 0 Å². The number of hydrogen-bond donors (Lipinski definition) is 0. The van der Waals surface area contributed by atoms with Crippen molar-refractivity contribution in [3.05, 3.63) is 33.2 Å². The Labute approximate surface area is 79.2 Å². The van der Waals surface area contributed by atoms with Gasteiger partial charge in [0.2, 0.25) is 0 Å². The van der Waals surface area contributed by atoms with Crippen molar-refractivity contribution in [1.29, 1.82) is 0 Å². The summed E-state index contributed by atoms with van der Waals surface area (Å²) in [6.07, 6.45) is 0. The second-order valence-electron chi connectivity index (χ2n) is 3.89. The molecule has 0 saturated heterocycles. The van der Waals surface area contributed by atoms with Crippen LogP contribution < -0.4 is 5.56 Å². The zero-order valence-electron chi connectivity index (χ0n) is 9.01. The fourth-order valence-corrected chi connectivity index (χ4v) is 1.78. The van der Waals surface area contributed by atoms with Crippen molar-refractivity contribution in [2.45, 2.75) is 33.6 Å². The molecular formula is C11H17NO. The molecule has 0 aliphatic heterocycles. The summed E-state index contributed by atoms with van der Waals surface area (Å²) in [4.78, 5) is 11.5. The van der Waals surface area contributed by atoms with Gasteiger partial charge >= 0.3 is 0 Å². The van der Waals surface area contributed by atoms with Gasteiger partial charge in [0.1, 0.15) is 0 Å². The standard InChI is InChI=1S/C11H17NO/c1-7(2)11-9(4)8(3)6-10(13)12(11)5/h6-7H,1-5H3. The van der Waals surface area contributed by atoms with E-state index in [0.717, 1.165) is 11.3 Å². The smallest absolute Gasteiger partial charge is 0.250 e. The lowest BCUT2D eigenvalue weighted by Crippen LogP contribution is -2.22. The highest BCUT2D eigenvalue weighted by molar-refractivity contribution is 5.30. The molecule has 13 heavy (non-hydrogen) atoms. The van der Waals surface area contributed by atoms with Crippen LogP contribution in [0.1, 0.15) is 36.6 Å². The lowest BCUT2D eigenvalue weighted by Gasteiger charge is -2.16. The SMILES string of the molecule is Cc1cc(=O)n(C)c(C(C)C)c1C. The Balaban J connectivity index is 3.56. The van der Waals surface area contributed by atoms with Gasteiger partial charge in [-0.05, 0) is 30.9 Å². The summed E-state index contributed by atoms with van der Waals surface area (Å²) in [6, 6.07) is 1.70. The molecule has 0 fully saturated rings. The predicted octanol–water partition coefficient (Wildman–Crippen LogP) is 2.13. The van der Waals surface area contributed by atoms with Gasteiger partial charge in [-0.25, -0.2) is 0 Å². The van der Waals surface area contributed by atoms with Gasteiger partial charge in [0.25, 0.3) is 5.56 Å². The van der Waals surface area contributed by atoms with E-state index in [1.807, 2.05) is 14.0 Å². The first-order valence-electron chi connectivity index (χ1n) is 4.62. The van der Waals surface area contributed by atoms with Gasteiger partial charge in [0.15, 0.2) is 0 Å². The van der Waals surface area contributed by atoms with Crippen LogP contribution >= 0.6 is 0 Å². The van der Waals surface area contributed by atoms with Crippen molar-refractivity contribution in [1.82, 2.24) is 4.57 Å². The first kappa shape index (κ1) is 10.0. The predicted molar refractivity (Wildman–Crippen MR) is 55.2 cm³/mol. The maximum atomic E-state index is 11.5. The first-order chi connectivity index (χ1) is 5.95. The monoisotopic (exact) mass is 179 g/mol. The molecule has 72 valence electrons. The van der Waals surface area contributed by atoms with Crippen LogP contribution in [0.3, 0.4) is 0 Å². The summed E-state index contributed by atoms with van der Waals surface area (Å²) >= 11 is 0. The molecular weight excluding hydrogens is 162 g/mol. The molecule has 0 aliphatic carbocycles. The molecule has 0 spiro atoms. The largest absolute Gasteiger partial charge is 0.315 e. The van der Waals surface area contributed by atoms with Crippen molar-refractivity contribution >= 4 is 0 Å². The van der Waals surface area contributed by atoms with E-state index in [-0.39, 0.29) is 5.56 Å². The Morgan fingerprint density at radius 3 is 2.31 bits per heavy atom. The Morgan fingerprint density at radius 2 is 1.85 bits per heavy atom. The van der Waals surface area contributed by atoms with Crippen molar-refractivity contribution in [2.24, 2.45) is 7.05 Å². The molecule has 1 aromatic rings. The zero-order valence-corrected chi connectivity index (χ0v) is 9.01. The third kappa shape index (κ3) is 1.67. The summed E-state index contributed by atoms with van der Waals surface area (Å²) in [7, 11) is 1.84. The van der Waals surface area contributed by atoms with Crippen LogP contribution in [0.5, 0.6) is 0 Å². The molecule has 1 heterocycles. The van der Waals surface area contributed by atoms with Crippen LogP contribution in [0, 0.1) is 13.8 Å². The van der Waals surface area contributed by atoms with E-state index in [4.69, 9.17) is 0 Å². The molecule has 2 heteroatoms. The molecule has 0 saturated carbocycles. The molecule has 1 aromatic heterocycles. The molecule has 0 aliphatic rings. The number of aryl methyl sites for hydroxylation is 1. The molecule has 0 radical (unpaired) electrons. The van der Waals surface area contributed by atoms with E-state index >= 15 is 0 Å². The quantitative estimate of drug-likeness (QED) is 0.647. The third-order valence-corrected chi connectivity index (χ3v) is 2.55. The van der Waals surface area contributed by atoms with Crippen LogP contribution in [-0.2, 0) is 7.05 Å². The Kier molecular flexibility index (Phi) is 2.60. The lowest BCUT2D eigenvalue weighted by atomic mass is 10.0. The fraction of sp³-hybridized carbons (Fsp3) is 0.545. The van der Waals surface area contributed by atoms with E-state index in [1.54, 1.807) is 10.6 Å². The Morgan fingerprint density at radius 1 is 1.31 bits per heavy atom. The molecule has 0 bridgehead atoms. The first-order valence-corrected chi connectivity index (χ1v) is 4.62. The summed E-state index contributed by atoms with van der Waals surface area (Å²) in [5.74, 6) is 0.401. The topological polar surface area (TPSA) is 22.0 Å². The second kappa shape index (κ2) is 3.36. The van der Waals surface area contributed by atoms with Crippen LogP contribution in [0.25, 0.3) is 0 Å². The second-order valence-corrected chi connectivity index (χ2v) is 3.89. The van der Waals surface area contributed by atoms with Gasteiger partial charge in [0, 0.05) is 18.8 Å². The van der Waals surface area contributed by atoms with E-state index in [0.29, 0.717) is 5.92 Å². The molecule has 0 unspecified atom stereocenters. The summed E-state index contributed by atoms with van der Waals surface area (Å²) in [5, 5.41) is 0. The fourth-order valence-electron chi connectivity index (χ4n) is 1.78. The zero-order chi connectivity index (χ0) is 10.2. The third-order valence-electron chi connectivity index (χ3n) is 2.55. The van der Waals surface area contributed by atoms with E-state index < -0.39 is 0 Å². The Hall–Kier alpha value is -1.05. The average Bonchev–Trinajstić information content (AvgIpc) is 2.01. The molecule has 0 N–H and O–H groups in total. The highest BCUT2D eigenvalue weighted by Crippen LogP contribution is 2.18. The van der Waals surface area contributed by atoms with Crippen molar-refractivity contribution in [3.63, 3.8) is 0 Å². The normalized spacial score (nSPS) is 10.9. The van der Waals surface area contributed by atoms with Crippen molar-refractivity contribution in [3.8, 4) is 0 Å². The minimum Gasteiger partial charge on any atom is -0.315 e. The van der Waals surface area contributed by atoms with Gasteiger partial charge in [-0.3, -0.25) is 4.79 Å². The highest BCUT2D eigenvalue weighted by atomic mass is 16.1. The number of pyridine rings is 1. The Bertz CT molecular complexity index is 374. The summed E-state index contributed by atoms with van der Waals surface area (Å²) in [5.41, 5.74) is 3.56. The number of aromatic nitrogens is 1. The summed E-state index contributed by atoms with van der Waals surface area (Å²) < 4.78 is 1.74. The van der Waals surface area contributed by atoms with Crippen LogP contribution in [0.2, 0.25) is 0 Å². The average molecular weight is 179 g/mol. The number of nitrogens with zero attached hydrogens (tertiary/aromatic N) is 1. The number of rotatable bonds is 1. The number of hydrogen-bond acceptors (Lipinski definition) is 1. The van der Waals surface area contributed by atoms with Gasteiger partial charge < -0.3 is 4.57 Å². The van der Waals surface area contributed by atoms with Crippen molar-refractivity contribution in [2.75, 3.05) is 0 Å². The molecule has 0 aromatic carbocycles. The maximum absolute atomic E-state index is 11.5. The minimum absolute atomic E-state index is 0.0896. The van der Waals surface area contributed by atoms with E-state index in [9.17, 15) is 4.79 Å². The van der Waals surface area contributed by atoms with Gasteiger partial charge in [-0.1, -0.05) is 13.8 Å². The lowest BCUT2D eigenvalue weighted by molar-refractivity contribution is 0.694. The van der Waals surface area contributed by atoms with Crippen LogP contribution in [-0.4, -0.2) is 4.57 Å². The van der Waals surface area contributed by atoms with Crippen LogP contribution in [0.4, 0.5) is 0 Å². The molecule has 2 nitrogen and oxygen atoms in total. The van der Waals surface area contributed by atoms with E-state index in [2.05, 4.69) is 20.8 Å². The van der Waals surface area contributed by atoms with Crippen LogP contribution in [0.15, 0.2) is 10.9 Å².